The van der Waals surface area contributed by atoms with Gasteiger partial charge in [0.15, 0.2) is 6.10 Å². The lowest BCUT2D eigenvalue weighted by atomic mass is 10.1. The highest BCUT2D eigenvalue weighted by molar-refractivity contribution is 5.92. The van der Waals surface area contributed by atoms with Crippen LogP contribution in [0, 0.1) is 24.4 Å². The van der Waals surface area contributed by atoms with Gasteiger partial charge in [-0.2, -0.15) is 0 Å². The van der Waals surface area contributed by atoms with Crippen LogP contribution in [0.2, 0.25) is 0 Å². The van der Waals surface area contributed by atoms with Crippen LogP contribution in [-0.2, 0) is 19.1 Å². The highest BCUT2D eigenvalue weighted by Gasteiger charge is 2.12. The van der Waals surface area contributed by atoms with Crippen LogP contribution < -0.4 is 0 Å². The summed E-state index contributed by atoms with van der Waals surface area (Å²) >= 11 is 0. The van der Waals surface area contributed by atoms with Gasteiger partial charge < -0.3 is 9.47 Å². The van der Waals surface area contributed by atoms with Crippen LogP contribution in [0.5, 0.6) is 0 Å². The van der Waals surface area contributed by atoms with Crippen LogP contribution in [0.25, 0.3) is 0 Å². The number of cyclic esters (lactones) is 2. The summed E-state index contributed by atoms with van der Waals surface area (Å²) in [6.45, 7) is 0. The molecule has 4 heteroatoms. The molecule has 0 saturated heterocycles. The lowest BCUT2D eigenvalue weighted by Crippen LogP contribution is -2.14. The van der Waals surface area contributed by atoms with Crippen molar-refractivity contribution >= 4 is 11.9 Å². The smallest absolute Gasteiger partial charge is 0.344 e. The van der Waals surface area contributed by atoms with Gasteiger partial charge >= 0.3 is 11.9 Å². The minimum atomic E-state index is -0.672. The van der Waals surface area contributed by atoms with E-state index in [4.69, 9.17) is 11.2 Å². The summed E-state index contributed by atoms with van der Waals surface area (Å²) in [6, 6.07) is 0. The van der Waals surface area contributed by atoms with Gasteiger partial charge in [0.25, 0.3) is 0 Å². The fourth-order valence-electron chi connectivity index (χ4n) is 1.39. The molecule has 0 aromatic heterocycles. The topological polar surface area (TPSA) is 52.6 Å². The van der Waals surface area contributed by atoms with Crippen molar-refractivity contribution in [2.45, 2.75) is 38.2 Å². The Morgan fingerprint density at radius 2 is 2.00 bits per heavy atom. The molecule has 0 aromatic rings. The fraction of sp³-hybridized carbons (Fsp3) is 0.429. The lowest BCUT2D eigenvalue weighted by molar-refractivity contribution is -0.141. The molecule has 94 valence electrons. The largest absolute Gasteiger partial charge is 0.446 e. The second-order valence-corrected chi connectivity index (χ2v) is 3.73. The van der Waals surface area contributed by atoms with Crippen molar-refractivity contribution in [2.24, 2.45) is 0 Å². The Morgan fingerprint density at radius 3 is 2.78 bits per heavy atom. The summed E-state index contributed by atoms with van der Waals surface area (Å²) in [6.07, 6.45) is 13.0. The first-order valence-electron chi connectivity index (χ1n) is 5.76. The highest BCUT2D eigenvalue weighted by atomic mass is 16.5. The van der Waals surface area contributed by atoms with E-state index in [2.05, 4.69) is 22.7 Å². The van der Waals surface area contributed by atoms with Crippen molar-refractivity contribution in [3.05, 3.63) is 12.2 Å². The van der Waals surface area contributed by atoms with Crippen LogP contribution in [0.1, 0.15) is 32.1 Å². The third kappa shape index (κ3) is 5.77. The Kier molecular flexibility index (Phi) is 6.14. The van der Waals surface area contributed by atoms with Gasteiger partial charge in [-0.15, -0.1) is 12.3 Å². The van der Waals surface area contributed by atoms with Crippen LogP contribution in [0.4, 0.5) is 0 Å². The monoisotopic (exact) mass is 246 g/mol. The molecule has 0 N–H and O–H groups in total. The van der Waals surface area contributed by atoms with E-state index >= 15 is 0 Å². The number of unbranched alkanes of at least 4 members (excludes halogenated alkanes) is 3. The molecular weight excluding hydrogens is 232 g/mol. The third-order valence-electron chi connectivity index (χ3n) is 2.27. The zero-order valence-corrected chi connectivity index (χ0v) is 9.98. The average Bonchev–Trinajstić information content (AvgIpc) is 2.42. The second-order valence-electron chi connectivity index (χ2n) is 3.73. The predicted octanol–water partition coefficient (Wildman–Crippen LogP) is 1.56. The van der Waals surface area contributed by atoms with Crippen LogP contribution in [0.3, 0.4) is 0 Å². The second kappa shape index (κ2) is 7.97. The normalized spacial score (nSPS) is 20.1. The number of carbonyl (C=O) groups is 2. The molecule has 0 fully saturated rings. The maximum Gasteiger partial charge on any atom is 0.344 e. The predicted molar refractivity (Wildman–Crippen MR) is 64.8 cm³/mol. The maximum atomic E-state index is 11.3. The molecule has 4 nitrogen and oxygen atoms in total. The number of terminal acetylenes is 1. The van der Waals surface area contributed by atoms with Crippen molar-refractivity contribution in [3.63, 3.8) is 0 Å². The van der Waals surface area contributed by atoms with E-state index in [0.717, 1.165) is 37.8 Å². The molecular formula is C14H14O4. The van der Waals surface area contributed by atoms with E-state index in [1.54, 1.807) is 0 Å². The van der Waals surface area contributed by atoms with Gasteiger partial charge in [0.1, 0.15) is 6.11 Å². The minimum absolute atomic E-state index is 0.543. The molecule has 0 saturated carbocycles. The third-order valence-corrected chi connectivity index (χ3v) is 2.27. The molecule has 18 heavy (non-hydrogen) atoms. The number of esters is 2. The Bertz CT molecular complexity index is 431. The van der Waals surface area contributed by atoms with E-state index in [-0.39, 0.29) is 0 Å². The maximum absolute atomic E-state index is 11.3. The van der Waals surface area contributed by atoms with E-state index in [0.29, 0.717) is 6.42 Å². The van der Waals surface area contributed by atoms with E-state index in [1.807, 2.05) is 0 Å². The van der Waals surface area contributed by atoms with Crippen molar-refractivity contribution in [1.29, 1.82) is 0 Å². The molecule has 0 aromatic carbocycles. The van der Waals surface area contributed by atoms with Crippen LogP contribution in [-0.4, -0.2) is 18.0 Å². The molecule has 0 amide bonds. The molecule has 1 atom stereocenters. The number of rotatable bonds is 5. The number of carbonyl (C=O) groups excluding carboxylic acids is 2. The van der Waals surface area contributed by atoms with E-state index in [1.165, 1.54) is 0 Å². The molecule has 1 unspecified atom stereocenters. The lowest BCUT2D eigenvalue weighted by Gasteiger charge is -2.09. The van der Waals surface area contributed by atoms with Gasteiger partial charge in [-0.1, -0.05) is 6.42 Å². The first-order chi connectivity index (χ1) is 8.72. The summed E-state index contributed by atoms with van der Waals surface area (Å²) in [7, 11) is 0. The van der Waals surface area contributed by atoms with E-state index < -0.39 is 18.0 Å². The summed E-state index contributed by atoms with van der Waals surface area (Å²) in [5.74, 6) is 3.90. The molecule has 0 spiro atoms. The van der Waals surface area contributed by atoms with Crippen LogP contribution in [0.15, 0.2) is 12.2 Å². The van der Waals surface area contributed by atoms with Gasteiger partial charge in [-0.3, -0.25) is 0 Å². The van der Waals surface area contributed by atoms with Crippen LogP contribution >= 0.6 is 0 Å². The van der Waals surface area contributed by atoms with Gasteiger partial charge in [0, 0.05) is 18.6 Å². The van der Waals surface area contributed by atoms with Gasteiger partial charge in [0.2, 0.25) is 0 Å². The Labute approximate surface area is 106 Å². The average molecular weight is 246 g/mol. The zero-order valence-electron chi connectivity index (χ0n) is 9.98. The molecule has 1 heterocycles. The van der Waals surface area contributed by atoms with Crippen molar-refractivity contribution in [3.8, 4) is 24.4 Å². The minimum Gasteiger partial charge on any atom is -0.446 e. The summed E-state index contributed by atoms with van der Waals surface area (Å²) in [5, 5.41) is 0. The number of hydrogen-bond acceptors (Lipinski definition) is 4. The zero-order chi connectivity index (χ0) is 13.2. The SMILES string of the molecule is C#CCCCCCC1C#COC(=O)/C=C/C(=O)O1. The van der Waals surface area contributed by atoms with Gasteiger partial charge in [-0.05, 0) is 25.2 Å². The highest BCUT2D eigenvalue weighted by Crippen LogP contribution is 2.09. The van der Waals surface area contributed by atoms with Crippen molar-refractivity contribution in [1.82, 2.24) is 0 Å². The molecule has 0 aliphatic carbocycles. The van der Waals surface area contributed by atoms with Crippen molar-refractivity contribution < 1.29 is 19.1 Å². The molecule has 1 rings (SSSR count). The number of ether oxygens (including phenoxy) is 2. The van der Waals surface area contributed by atoms with Crippen molar-refractivity contribution in [2.75, 3.05) is 0 Å². The quantitative estimate of drug-likeness (QED) is 0.419. The Morgan fingerprint density at radius 1 is 1.22 bits per heavy atom. The Hall–Kier alpha value is -2.20. The fourth-order valence-corrected chi connectivity index (χ4v) is 1.39. The molecule has 1 aliphatic rings. The standard InChI is InChI=1S/C14H14O4/c1-2-3-4-5-6-7-12-10-11-17-13(15)8-9-14(16)18-12/h1,8-9,12H,3-7H2/b9-8+. The van der Waals surface area contributed by atoms with Gasteiger partial charge in [-0.25, -0.2) is 9.59 Å². The summed E-state index contributed by atoms with van der Waals surface area (Å²) < 4.78 is 9.59. The first-order valence-corrected chi connectivity index (χ1v) is 5.76. The summed E-state index contributed by atoms with van der Waals surface area (Å²) in [4.78, 5) is 22.2. The Balaban J connectivity index is 2.42. The number of hydrogen-bond donors (Lipinski definition) is 0. The summed E-state index contributed by atoms with van der Waals surface area (Å²) in [5.41, 5.74) is 0. The van der Waals surface area contributed by atoms with Gasteiger partial charge in [0.05, 0.1) is 0 Å². The van der Waals surface area contributed by atoms with E-state index in [9.17, 15) is 9.59 Å². The first kappa shape index (κ1) is 13.9. The molecule has 0 radical (unpaired) electrons. The molecule has 1 aliphatic heterocycles. The molecule has 0 bridgehead atoms.